The van der Waals surface area contributed by atoms with E-state index in [1.165, 1.54) is 11.7 Å². The normalized spacial score (nSPS) is 11.8. The Balaban J connectivity index is 2.53. The van der Waals surface area contributed by atoms with Crippen molar-refractivity contribution >= 4 is 21.6 Å². The highest BCUT2D eigenvalue weighted by Crippen LogP contribution is 2.22. The number of primary sulfonamides is 1. The van der Waals surface area contributed by atoms with Gasteiger partial charge in [-0.25, -0.2) is 13.6 Å². The molecule has 0 aliphatic carbocycles. The van der Waals surface area contributed by atoms with Crippen molar-refractivity contribution in [3.63, 3.8) is 0 Å². The number of benzene rings is 1. The molecule has 1 aromatic carbocycles. The van der Waals surface area contributed by atoms with Gasteiger partial charge in [-0.2, -0.15) is 0 Å². The molecule has 0 unspecified atom stereocenters. The molecule has 0 saturated carbocycles. The molecule has 0 fully saturated rings. The summed E-state index contributed by atoms with van der Waals surface area (Å²) in [4.78, 5) is 0. The Morgan fingerprint density at radius 1 is 1.30 bits per heavy atom. The van der Waals surface area contributed by atoms with Gasteiger partial charge < -0.3 is 4.74 Å². The van der Waals surface area contributed by atoms with Crippen LogP contribution in [0, 0.1) is 0 Å². The van der Waals surface area contributed by atoms with Crippen LogP contribution in [0.1, 0.15) is 0 Å². The van der Waals surface area contributed by atoms with Crippen molar-refractivity contribution in [1.82, 2.24) is 14.8 Å². The second-order valence-electron chi connectivity index (χ2n) is 4.00. The molecule has 1 heterocycles. The third kappa shape index (κ3) is 3.15. The fraction of sp³-hybridized carbons (Fsp3) is 0.273. The Bertz CT molecular complexity index is 697. The minimum Gasteiger partial charge on any atom is -0.383 e. The van der Waals surface area contributed by atoms with Crippen molar-refractivity contribution in [2.24, 2.45) is 5.14 Å². The molecule has 7 nitrogen and oxygen atoms in total. The van der Waals surface area contributed by atoms with Crippen LogP contribution in [0.15, 0.2) is 29.4 Å². The Labute approximate surface area is 121 Å². The number of sulfonamides is 1. The van der Waals surface area contributed by atoms with E-state index in [0.717, 1.165) is 0 Å². The van der Waals surface area contributed by atoms with Gasteiger partial charge in [0.15, 0.2) is 5.82 Å². The average molecular weight is 317 g/mol. The molecular weight excluding hydrogens is 304 g/mol. The van der Waals surface area contributed by atoms with Gasteiger partial charge in [0, 0.05) is 17.7 Å². The van der Waals surface area contributed by atoms with Crippen molar-refractivity contribution < 1.29 is 13.2 Å². The van der Waals surface area contributed by atoms with Gasteiger partial charge in [0.25, 0.3) is 15.2 Å². The first kappa shape index (κ1) is 14.9. The van der Waals surface area contributed by atoms with Crippen LogP contribution in [0.4, 0.5) is 0 Å². The number of methoxy groups -OCH3 is 1. The zero-order valence-corrected chi connectivity index (χ0v) is 12.2. The lowest BCUT2D eigenvalue weighted by molar-refractivity contribution is 0.185. The molecule has 0 aliphatic rings. The number of hydrogen-bond acceptors (Lipinski definition) is 5. The monoisotopic (exact) mass is 316 g/mol. The number of hydrogen-bond donors (Lipinski definition) is 1. The average Bonchev–Trinajstić information content (AvgIpc) is 2.81. The molecule has 9 heteroatoms. The lowest BCUT2D eigenvalue weighted by Gasteiger charge is -2.08. The smallest absolute Gasteiger partial charge is 0.273 e. The summed E-state index contributed by atoms with van der Waals surface area (Å²) in [5.41, 5.74) is 0.688. The second kappa shape index (κ2) is 5.88. The Morgan fingerprint density at radius 3 is 2.50 bits per heavy atom. The van der Waals surface area contributed by atoms with Gasteiger partial charge in [0.1, 0.15) is 0 Å². The molecule has 2 N–H and O–H groups in total. The number of aromatic nitrogens is 3. The van der Waals surface area contributed by atoms with E-state index in [-0.39, 0.29) is 11.7 Å². The van der Waals surface area contributed by atoms with E-state index in [1.807, 2.05) is 0 Å². The summed E-state index contributed by atoms with van der Waals surface area (Å²) in [6.45, 7) is 0.578. The minimum atomic E-state index is -3.95. The van der Waals surface area contributed by atoms with Crippen molar-refractivity contribution in [3.05, 3.63) is 29.3 Å². The van der Waals surface area contributed by atoms with E-state index in [1.54, 1.807) is 24.3 Å². The molecule has 2 rings (SSSR count). The summed E-state index contributed by atoms with van der Waals surface area (Å²) >= 11 is 5.82. The molecule has 1 aromatic heterocycles. The fourth-order valence-corrected chi connectivity index (χ4v) is 2.46. The van der Waals surface area contributed by atoms with Crippen molar-refractivity contribution in [2.45, 2.75) is 11.7 Å². The Hall–Kier alpha value is -1.48. The van der Waals surface area contributed by atoms with Gasteiger partial charge in [-0.15, -0.1) is 10.2 Å². The predicted molar refractivity (Wildman–Crippen MR) is 73.7 cm³/mol. The molecule has 2 aromatic rings. The molecule has 20 heavy (non-hydrogen) atoms. The van der Waals surface area contributed by atoms with E-state index in [0.29, 0.717) is 23.0 Å². The fourth-order valence-electron chi connectivity index (χ4n) is 1.70. The van der Waals surface area contributed by atoms with Gasteiger partial charge >= 0.3 is 0 Å². The number of nitrogens with zero attached hydrogens (tertiary/aromatic N) is 3. The largest absolute Gasteiger partial charge is 0.383 e. The highest BCUT2D eigenvalue weighted by atomic mass is 35.5. The molecule has 0 amide bonds. The van der Waals surface area contributed by atoms with Gasteiger partial charge in [-0.3, -0.25) is 4.57 Å². The first-order valence-electron chi connectivity index (χ1n) is 5.64. The number of ether oxygens (including phenoxy) is 1. The number of rotatable bonds is 5. The third-order valence-corrected chi connectivity index (χ3v) is 3.66. The lowest BCUT2D eigenvalue weighted by Crippen LogP contribution is -2.20. The molecule has 108 valence electrons. The maximum absolute atomic E-state index is 11.5. The minimum absolute atomic E-state index is 0.271. The van der Waals surface area contributed by atoms with E-state index in [4.69, 9.17) is 21.5 Å². The zero-order valence-electron chi connectivity index (χ0n) is 10.7. The molecule has 0 radical (unpaired) electrons. The topological polar surface area (TPSA) is 100 Å². The molecule has 0 saturated heterocycles. The first-order chi connectivity index (χ1) is 9.43. The SMILES string of the molecule is COCCn1c(-c2ccc(Cl)cc2)nnc1S(N)(=O)=O. The number of nitrogens with two attached hydrogens (primary N) is 1. The van der Waals surface area contributed by atoms with Crippen LogP contribution in [0.5, 0.6) is 0 Å². The second-order valence-corrected chi connectivity index (χ2v) is 5.89. The summed E-state index contributed by atoms with van der Waals surface area (Å²) in [6, 6.07) is 6.82. The molecule has 0 spiro atoms. The Morgan fingerprint density at radius 2 is 1.95 bits per heavy atom. The molecule has 0 atom stereocenters. The van der Waals surface area contributed by atoms with Crippen molar-refractivity contribution in [3.8, 4) is 11.4 Å². The summed E-state index contributed by atoms with van der Waals surface area (Å²) in [5, 5.41) is 13.0. The van der Waals surface area contributed by atoms with Crippen LogP contribution in [-0.4, -0.2) is 36.9 Å². The van der Waals surface area contributed by atoms with E-state index < -0.39 is 10.0 Å². The summed E-state index contributed by atoms with van der Waals surface area (Å²) < 4.78 is 29.4. The Kier molecular flexibility index (Phi) is 4.39. The van der Waals surface area contributed by atoms with E-state index in [2.05, 4.69) is 10.2 Å². The van der Waals surface area contributed by atoms with Gasteiger partial charge in [-0.1, -0.05) is 11.6 Å². The van der Waals surface area contributed by atoms with Crippen LogP contribution >= 0.6 is 11.6 Å². The van der Waals surface area contributed by atoms with Crippen LogP contribution in [0.2, 0.25) is 5.02 Å². The highest BCUT2D eigenvalue weighted by Gasteiger charge is 2.21. The predicted octanol–water partition coefficient (Wildman–Crippen LogP) is 0.892. The maximum Gasteiger partial charge on any atom is 0.273 e. The number of halogens is 1. The third-order valence-electron chi connectivity index (χ3n) is 2.59. The van der Waals surface area contributed by atoms with Crippen molar-refractivity contribution in [2.75, 3.05) is 13.7 Å². The van der Waals surface area contributed by atoms with Gasteiger partial charge in [0.05, 0.1) is 13.2 Å². The van der Waals surface area contributed by atoms with E-state index in [9.17, 15) is 8.42 Å². The molecular formula is C11H13ClN4O3S. The maximum atomic E-state index is 11.5. The summed E-state index contributed by atoms with van der Waals surface area (Å²) in [5.74, 6) is 0.391. The quantitative estimate of drug-likeness (QED) is 0.883. The van der Waals surface area contributed by atoms with E-state index >= 15 is 0 Å². The first-order valence-corrected chi connectivity index (χ1v) is 7.57. The van der Waals surface area contributed by atoms with Gasteiger partial charge in [0.2, 0.25) is 0 Å². The summed E-state index contributed by atoms with van der Waals surface area (Å²) in [7, 11) is -2.43. The highest BCUT2D eigenvalue weighted by molar-refractivity contribution is 7.89. The van der Waals surface area contributed by atoms with Crippen molar-refractivity contribution in [1.29, 1.82) is 0 Å². The molecule has 0 bridgehead atoms. The van der Waals surface area contributed by atoms with Crippen LogP contribution in [0.25, 0.3) is 11.4 Å². The zero-order chi connectivity index (χ0) is 14.8. The molecule has 0 aliphatic heterocycles. The van der Waals surface area contributed by atoms with Crippen LogP contribution in [-0.2, 0) is 21.3 Å². The van der Waals surface area contributed by atoms with Crippen LogP contribution in [0.3, 0.4) is 0 Å². The van der Waals surface area contributed by atoms with Gasteiger partial charge in [-0.05, 0) is 24.3 Å². The van der Waals surface area contributed by atoms with Crippen LogP contribution < -0.4 is 5.14 Å². The summed E-state index contributed by atoms with van der Waals surface area (Å²) in [6.07, 6.45) is 0. The lowest BCUT2D eigenvalue weighted by atomic mass is 10.2. The standard InChI is InChI=1S/C11H13ClN4O3S/c1-19-7-6-16-10(8-2-4-9(12)5-3-8)14-15-11(16)20(13,17)18/h2-5H,6-7H2,1H3,(H2,13,17,18).